The Morgan fingerprint density at radius 3 is 2.70 bits per heavy atom. The zero-order chi connectivity index (χ0) is 7.56. The minimum Gasteiger partial charge on any atom is -0.469 e. The molecular weight excluding hydrogens is 130 g/mol. The lowest BCUT2D eigenvalue weighted by molar-refractivity contribution is -0.145. The maximum atomic E-state index is 11.0. The number of ether oxygens (including phenoxy) is 1. The first kappa shape index (κ1) is 7.54. The van der Waals surface area contributed by atoms with Crippen LogP contribution in [0.5, 0.6) is 0 Å². The van der Waals surface area contributed by atoms with Gasteiger partial charge in [-0.3, -0.25) is 4.79 Å². The fraction of sp³-hybridized carbons (Fsp3) is 0.857. The summed E-state index contributed by atoms with van der Waals surface area (Å²) < 4.78 is 4.63. The van der Waals surface area contributed by atoms with Crippen LogP contribution in [0.3, 0.4) is 0 Å². The molecule has 1 aliphatic rings. The molecule has 0 saturated carbocycles. The minimum absolute atomic E-state index is 0.0741. The lowest BCUT2D eigenvalue weighted by atomic mass is 9.99. The van der Waals surface area contributed by atoms with Gasteiger partial charge >= 0.3 is 5.97 Å². The molecule has 0 bridgehead atoms. The Labute approximate surface area is 60.7 Å². The second-order valence-corrected chi connectivity index (χ2v) is 2.77. The van der Waals surface area contributed by atoms with E-state index in [4.69, 9.17) is 0 Å². The number of nitrogens with one attached hydrogen (secondary N) is 1. The number of hydrogen-bond donors (Lipinski definition) is 1. The molecule has 1 heterocycles. The Hall–Kier alpha value is -0.570. The molecule has 0 radical (unpaired) electrons. The highest BCUT2D eigenvalue weighted by molar-refractivity contribution is 5.73. The summed E-state index contributed by atoms with van der Waals surface area (Å²) in [6, 6.07) is 0. The smallest absolute Gasteiger partial charge is 0.310 e. The number of methoxy groups -OCH3 is 1. The fourth-order valence-electron chi connectivity index (χ4n) is 1.28. The van der Waals surface area contributed by atoms with E-state index in [2.05, 4.69) is 17.0 Å². The molecule has 1 fully saturated rings. The van der Waals surface area contributed by atoms with Crippen molar-refractivity contribution in [3.05, 3.63) is 0 Å². The summed E-state index contributed by atoms with van der Waals surface area (Å²) in [7, 11) is 1.44. The first-order chi connectivity index (χ1) is 4.75. The molecule has 2 atom stereocenters. The van der Waals surface area contributed by atoms with E-state index >= 15 is 0 Å². The van der Waals surface area contributed by atoms with Gasteiger partial charge < -0.3 is 10.1 Å². The molecule has 0 aromatic carbocycles. The Balaban J connectivity index is 2.46. The molecule has 0 aliphatic carbocycles. The number of rotatable bonds is 1. The van der Waals surface area contributed by atoms with Gasteiger partial charge in [0.2, 0.25) is 0 Å². The van der Waals surface area contributed by atoms with Gasteiger partial charge in [0.25, 0.3) is 0 Å². The van der Waals surface area contributed by atoms with E-state index in [1.165, 1.54) is 7.11 Å². The van der Waals surface area contributed by atoms with Crippen molar-refractivity contribution in [3.63, 3.8) is 0 Å². The number of esters is 1. The molecule has 10 heavy (non-hydrogen) atoms. The summed E-state index contributed by atoms with van der Waals surface area (Å²) in [5.74, 6) is 0.412. The number of carbonyl (C=O) groups excluding carboxylic acids is 1. The van der Waals surface area contributed by atoms with E-state index in [1.807, 2.05) is 0 Å². The molecule has 3 heteroatoms. The van der Waals surface area contributed by atoms with Gasteiger partial charge in [-0.25, -0.2) is 0 Å². The Morgan fingerprint density at radius 1 is 1.60 bits per heavy atom. The van der Waals surface area contributed by atoms with E-state index in [1.54, 1.807) is 0 Å². The predicted molar refractivity (Wildman–Crippen MR) is 37.5 cm³/mol. The lowest BCUT2D eigenvalue weighted by Crippen LogP contribution is -2.22. The molecule has 58 valence electrons. The highest BCUT2D eigenvalue weighted by Crippen LogP contribution is 2.16. The van der Waals surface area contributed by atoms with Crippen molar-refractivity contribution < 1.29 is 9.53 Å². The first-order valence-electron chi connectivity index (χ1n) is 3.54. The van der Waals surface area contributed by atoms with Gasteiger partial charge in [-0.05, 0) is 12.5 Å². The summed E-state index contributed by atoms with van der Waals surface area (Å²) in [5.41, 5.74) is 0. The van der Waals surface area contributed by atoms with Crippen molar-refractivity contribution in [2.24, 2.45) is 11.8 Å². The van der Waals surface area contributed by atoms with E-state index in [0.29, 0.717) is 5.92 Å². The largest absolute Gasteiger partial charge is 0.469 e. The maximum Gasteiger partial charge on any atom is 0.310 e. The highest BCUT2D eigenvalue weighted by atomic mass is 16.5. The number of carbonyl (C=O) groups is 1. The third-order valence-corrected chi connectivity index (χ3v) is 2.02. The van der Waals surface area contributed by atoms with Crippen molar-refractivity contribution in [1.82, 2.24) is 5.32 Å². The van der Waals surface area contributed by atoms with Crippen LogP contribution in [0.25, 0.3) is 0 Å². The van der Waals surface area contributed by atoms with Crippen LogP contribution in [-0.4, -0.2) is 26.2 Å². The van der Waals surface area contributed by atoms with E-state index in [-0.39, 0.29) is 11.9 Å². The minimum atomic E-state index is -0.0856. The SMILES string of the molecule is COC(=O)[C@H]1CNC[C@@H]1C. The first-order valence-corrected chi connectivity index (χ1v) is 3.54. The van der Waals surface area contributed by atoms with Crippen molar-refractivity contribution in [2.75, 3.05) is 20.2 Å². The van der Waals surface area contributed by atoms with E-state index < -0.39 is 0 Å². The van der Waals surface area contributed by atoms with Gasteiger partial charge in [-0.1, -0.05) is 6.92 Å². The zero-order valence-electron chi connectivity index (χ0n) is 6.39. The summed E-state index contributed by atoms with van der Waals surface area (Å²) in [6.07, 6.45) is 0. The van der Waals surface area contributed by atoms with Crippen LogP contribution in [0.4, 0.5) is 0 Å². The highest BCUT2D eigenvalue weighted by Gasteiger charge is 2.29. The second kappa shape index (κ2) is 3.01. The van der Waals surface area contributed by atoms with Crippen LogP contribution in [0, 0.1) is 11.8 Å². The quantitative estimate of drug-likeness (QED) is 0.526. The van der Waals surface area contributed by atoms with Crippen LogP contribution in [0.2, 0.25) is 0 Å². The third-order valence-electron chi connectivity index (χ3n) is 2.02. The lowest BCUT2D eigenvalue weighted by Gasteiger charge is -2.09. The molecule has 3 nitrogen and oxygen atoms in total. The normalized spacial score (nSPS) is 32.2. The van der Waals surface area contributed by atoms with Gasteiger partial charge in [0.15, 0.2) is 0 Å². The number of hydrogen-bond acceptors (Lipinski definition) is 3. The van der Waals surface area contributed by atoms with Crippen molar-refractivity contribution >= 4 is 5.97 Å². The van der Waals surface area contributed by atoms with E-state index in [0.717, 1.165) is 13.1 Å². The second-order valence-electron chi connectivity index (χ2n) is 2.77. The van der Waals surface area contributed by atoms with Crippen LogP contribution in [-0.2, 0) is 9.53 Å². The van der Waals surface area contributed by atoms with Crippen LogP contribution < -0.4 is 5.32 Å². The molecular formula is C7H13NO2. The molecule has 0 spiro atoms. The zero-order valence-corrected chi connectivity index (χ0v) is 6.39. The molecule has 1 aliphatic heterocycles. The fourth-order valence-corrected chi connectivity index (χ4v) is 1.28. The van der Waals surface area contributed by atoms with Gasteiger partial charge in [-0.2, -0.15) is 0 Å². The third kappa shape index (κ3) is 1.29. The predicted octanol–water partition coefficient (Wildman–Crippen LogP) is 0.0149. The van der Waals surface area contributed by atoms with Gasteiger partial charge in [0, 0.05) is 6.54 Å². The molecule has 1 N–H and O–H groups in total. The molecule has 0 aromatic heterocycles. The van der Waals surface area contributed by atoms with Gasteiger partial charge in [-0.15, -0.1) is 0 Å². The molecule has 0 aromatic rings. The molecule has 1 rings (SSSR count). The van der Waals surface area contributed by atoms with Crippen LogP contribution in [0.1, 0.15) is 6.92 Å². The molecule has 0 amide bonds. The Bertz CT molecular complexity index is 136. The average Bonchev–Trinajstić information content (AvgIpc) is 2.34. The van der Waals surface area contributed by atoms with E-state index in [9.17, 15) is 4.79 Å². The van der Waals surface area contributed by atoms with Crippen molar-refractivity contribution in [1.29, 1.82) is 0 Å². The standard InChI is InChI=1S/C7H13NO2/c1-5-3-8-4-6(5)7(9)10-2/h5-6,8H,3-4H2,1-2H3/t5-,6-/m0/s1. The topological polar surface area (TPSA) is 38.3 Å². The van der Waals surface area contributed by atoms with Crippen LogP contribution >= 0.6 is 0 Å². The van der Waals surface area contributed by atoms with Crippen molar-refractivity contribution in [2.45, 2.75) is 6.92 Å². The monoisotopic (exact) mass is 143 g/mol. The van der Waals surface area contributed by atoms with Crippen LogP contribution in [0.15, 0.2) is 0 Å². The van der Waals surface area contributed by atoms with Crippen molar-refractivity contribution in [3.8, 4) is 0 Å². The molecule has 1 saturated heterocycles. The molecule has 0 unspecified atom stereocenters. The maximum absolute atomic E-state index is 11.0. The van der Waals surface area contributed by atoms with Gasteiger partial charge in [0.1, 0.15) is 0 Å². The van der Waals surface area contributed by atoms with Gasteiger partial charge in [0.05, 0.1) is 13.0 Å². The Morgan fingerprint density at radius 2 is 2.30 bits per heavy atom. The summed E-state index contributed by atoms with van der Waals surface area (Å²) in [6.45, 7) is 3.76. The summed E-state index contributed by atoms with van der Waals surface area (Å²) in [5, 5.41) is 3.14. The Kier molecular flexibility index (Phi) is 2.27. The summed E-state index contributed by atoms with van der Waals surface area (Å²) in [4.78, 5) is 11.0. The average molecular weight is 143 g/mol. The summed E-state index contributed by atoms with van der Waals surface area (Å²) >= 11 is 0.